The summed E-state index contributed by atoms with van der Waals surface area (Å²) in [7, 11) is 0. The normalized spacial score (nSPS) is 12.7. The number of hydrogen-bond acceptors (Lipinski definition) is 0. The molecule has 0 amide bonds. The summed E-state index contributed by atoms with van der Waals surface area (Å²) in [5, 5.41) is 1.34. The predicted octanol–water partition coefficient (Wildman–Crippen LogP) is 5.05. The Labute approximate surface area is 106 Å². The van der Waals surface area contributed by atoms with E-state index in [-0.39, 0.29) is 5.56 Å². The molecule has 0 aromatic heterocycles. The van der Waals surface area contributed by atoms with Gasteiger partial charge in [0.1, 0.15) is 0 Å². The third kappa shape index (κ3) is 2.32. The average molecular weight is 272 g/mol. The van der Waals surface area contributed by atoms with Crippen LogP contribution < -0.4 is 0 Å². The number of halogens is 5. The van der Waals surface area contributed by atoms with Crippen LogP contribution in [0.15, 0.2) is 49.0 Å². The Kier molecular flexibility index (Phi) is 3.08. The first-order chi connectivity index (χ1) is 8.73. The monoisotopic (exact) mass is 272 g/mol. The molecule has 0 unspecified atom stereocenters. The van der Waals surface area contributed by atoms with Gasteiger partial charge >= 0.3 is 12.1 Å². The van der Waals surface area contributed by atoms with E-state index in [1.54, 1.807) is 24.3 Å². The van der Waals surface area contributed by atoms with E-state index in [4.69, 9.17) is 0 Å². The van der Waals surface area contributed by atoms with Crippen molar-refractivity contribution in [2.45, 2.75) is 12.1 Å². The van der Waals surface area contributed by atoms with Crippen molar-refractivity contribution in [1.82, 2.24) is 0 Å². The first kappa shape index (κ1) is 13.5. The summed E-state index contributed by atoms with van der Waals surface area (Å²) in [4.78, 5) is 0. The highest BCUT2D eigenvalue weighted by Crippen LogP contribution is 2.44. The Bertz CT molecular complexity index is 625. The van der Waals surface area contributed by atoms with Crippen LogP contribution in [-0.2, 0) is 0 Å². The number of allylic oxidation sites excluding steroid dienone is 1. The van der Waals surface area contributed by atoms with Gasteiger partial charge in [-0.15, -0.1) is 0 Å². The lowest BCUT2D eigenvalue weighted by Crippen LogP contribution is -2.37. The van der Waals surface area contributed by atoms with E-state index in [1.165, 1.54) is 18.2 Å². The van der Waals surface area contributed by atoms with Gasteiger partial charge in [-0.3, -0.25) is 0 Å². The molecule has 5 heteroatoms. The van der Waals surface area contributed by atoms with Gasteiger partial charge in [-0.1, -0.05) is 43.0 Å². The molecule has 2 aromatic rings. The van der Waals surface area contributed by atoms with E-state index in [0.29, 0.717) is 5.39 Å². The second kappa shape index (κ2) is 4.33. The average Bonchev–Trinajstić information content (AvgIpc) is 2.36. The second-order valence-corrected chi connectivity index (χ2v) is 4.11. The molecule has 0 saturated heterocycles. The fourth-order valence-corrected chi connectivity index (χ4v) is 1.73. The van der Waals surface area contributed by atoms with E-state index in [9.17, 15) is 22.0 Å². The fraction of sp³-hybridized carbons (Fsp3) is 0.143. The maximum Gasteiger partial charge on any atom is 0.458 e. The van der Waals surface area contributed by atoms with E-state index >= 15 is 0 Å². The van der Waals surface area contributed by atoms with Crippen molar-refractivity contribution in [1.29, 1.82) is 0 Å². The van der Waals surface area contributed by atoms with Crippen LogP contribution in [0.4, 0.5) is 22.0 Å². The molecule has 0 aliphatic heterocycles. The fourth-order valence-electron chi connectivity index (χ4n) is 1.73. The third-order valence-corrected chi connectivity index (χ3v) is 2.83. The van der Waals surface area contributed by atoms with Crippen molar-refractivity contribution >= 4 is 16.3 Å². The number of alkyl halides is 5. The van der Waals surface area contributed by atoms with Crippen molar-refractivity contribution < 1.29 is 22.0 Å². The van der Waals surface area contributed by atoms with Crippen LogP contribution in [-0.4, -0.2) is 12.1 Å². The first-order valence-electron chi connectivity index (χ1n) is 5.36. The number of rotatable bonds is 2. The summed E-state index contributed by atoms with van der Waals surface area (Å²) in [6.07, 6.45) is -5.64. The Morgan fingerprint density at radius 2 is 1.42 bits per heavy atom. The zero-order valence-electron chi connectivity index (χ0n) is 9.64. The first-order valence-corrected chi connectivity index (χ1v) is 5.36. The van der Waals surface area contributed by atoms with Crippen molar-refractivity contribution in [3.05, 3.63) is 54.6 Å². The Hall–Kier alpha value is -1.91. The van der Waals surface area contributed by atoms with Crippen molar-refractivity contribution in [2.24, 2.45) is 0 Å². The maximum absolute atomic E-state index is 13.2. The van der Waals surface area contributed by atoms with Gasteiger partial charge in [-0.25, -0.2) is 0 Å². The molecule has 0 aliphatic carbocycles. The van der Waals surface area contributed by atoms with Crippen LogP contribution in [0, 0.1) is 0 Å². The van der Waals surface area contributed by atoms with Gasteiger partial charge in [0.2, 0.25) is 0 Å². The molecule has 0 fully saturated rings. The highest BCUT2D eigenvalue weighted by molar-refractivity contribution is 5.86. The maximum atomic E-state index is 13.2. The summed E-state index contributed by atoms with van der Waals surface area (Å²) < 4.78 is 63.2. The zero-order valence-corrected chi connectivity index (χ0v) is 9.64. The minimum absolute atomic E-state index is 0.221. The predicted molar refractivity (Wildman–Crippen MR) is 64.0 cm³/mol. The van der Waals surface area contributed by atoms with E-state index in [2.05, 4.69) is 6.58 Å². The lowest BCUT2D eigenvalue weighted by Gasteiger charge is -2.22. The highest BCUT2D eigenvalue weighted by atomic mass is 19.4. The Morgan fingerprint density at radius 3 is 2.00 bits per heavy atom. The molecular weight excluding hydrogens is 263 g/mol. The van der Waals surface area contributed by atoms with Gasteiger partial charge in [0, 0.05) is 5.57 Å². The molecule has 0 N–H and O–H groups in total. The van der Waals surface area contributed by atoms with Crippen LogP contribution in [0.3, 0.4) is 0 Å². The van der Waals surface area contributed by atoms with Crippen molar-refractivity contribution in [3.63, 3.8) is 0 Å². The number of benzene rings is 2. The largest absolute Gasteiger partial charge is 0.458 e. The Balaban J connectivity index is 2.48. The smallest absolute Gasteiger partial charge is 0.191 e. The van der Waals surface area contributed by atoms with Crippen LogP contribution >= 0.6 is 0 Å². The Morgan fingerprint density at radius 1 is 0.842 bits per heavy atom. The van der Waals surface area contributed by atoms with Gasteiger partial charge in [0.05, 0.1) is 0 Å². The van der Waals surface area contributed by atoms with Crippen molar-refractivity contribution in [3.8, 4) is 0 Å². The quantitative estimate of drug-likeness (QED) is 0.671. The summed E-state index contributed by atoms with van der Waals surface area (Å²) in [5.41, 5.74) is -1.47. The number of hydrogen-bond donors (Lipinski definition) is 0. The molecule has 0 atom stereocenters. The second-order valence-electron chi connectivity index (χ2n) is 4.11. The molecule has 19 heavy (non-hydrogen) atoms. The lowest BCUT2D eigenvalue weighted by atomic mass is 9.98. The highest BCUT2D eigenvalue weighted by Gasteiger charge is 2.59. The van der Waals surface area contributed by atoms with E-state index in [0.717, 1.165) is 5.39 Å². The van der Waals surface area contributed by atoms with Gasteiger partial charge < -0.3 is 0 Å². The summed E-state index contributed by atoms with van der Waals surface area (Å²) in [6.45, 7) is 2.90. The van der Waals surface area contributed by atoms with Gasteiger partial charge in [0.15, 0.2) is 0 Å². The zero-order chi connectivity index (χ0) is 14.3. The standard InChI is InChI=1S/C14H9F5/c1-9(13(15,16)14(17,18)19)11-7-6-10-4-2-3-5-12(10)8-11/h2-8H,1H2. The molecule has 0 spiro atoms. The molecule has 2 aromatic carbocycles. The third-order valence-electron chi connectivity index (χ3n) is 2.83. The van der Waals surface area contributed by atoms with Crippen LogP contribution in [0.5, 0.6) is 0 Å². The SMILES string of the molecule is C=C(c1ccc2ccccc2c1)C(F)(F)C(F)(F)F. The molecular formula is C14H9F5. The topological polar surface area (TPSA) is 0 Å². The molecule has 0 radical (unpaired) electrons. The van der Waals surface area contributed by atoms with Gasteiger partial charge in [-0.2, -0.15) is 22.0 Å². The molecule has 0 heterocycles. The lowest BCUT2D eigenvalue weighted by molar-refractivity contribution is -0.253. The van der Waals surface area contributed by atoms with E-state index in [1.807, 2.05) is 0 Å². The summed E-state index contributed by atoms with van der Waals surface area (Å²) >= 11 is 0. The minimum Gasteiger partial charge on any atom is -0.191 e. The van der Waals surface area contributed by atoms with Crippen LogP contribution in [0.1, 0.15) is 5.56 Å². The van der Waals surface area contributed by atoms with Crippen LogP contribution in [0.25, 0.3) is 16.3 Å². The van der Waals surface area contributed by atoms with Crippen LogP contribution in [0.2, 0.25) is 0 Å². The van der Waals surface area contributed by atoms with Gasteiger partial charge in [-0.05, 0) is 22.4 Å². The van der Waals surface area contributed by atoms with Gasteiger partial charge in [0.25, 0.3) is 0 Å². The minimum atomic E-state index is -5.64. The van der Waals surface area contributed by atoms with E-state index < -0.39 is 17.7 Å². The summed E-state index contributed by atoms with van der Waals surface area (Å²) in [5.74, 6) is -4.94. The number of fused-ring (bicyclic) bond motifs is 1. The van der Waals surface area contributed by atoms with Crippen molar-refractivity contribution in [2.75, 3.05) is 0 Å². The molecule has 0 bridgehead atoms. The molecule has 2 rings (SSSR count). The summed E-state index contributed by atoms with van der Waals surface area (Å²) in [6, 6.07) is 10.8. The molecule has 0 saturated carbocycles. The molecule has 100 valence electrons. The molecule has 0 aliphatic rings. The molecule has 0 nitrogen and oxygen atoms in total.